The van der Waals surface area contributed by atoms with Gasteiger partial charge in [0.05, 0.1) is 19.9 Å². The molecule has 0 aliphatic heterocycles. The van der Waals surface area contributed by atoms with Gasteiger partial charge in [-0.2, -0.15) is 5.26 Å². The number of rotatable bonds is 7. The van der Waals surface area contributed by atoms with Crippen LogP contribution < -0.4 is 20.1 Å². The monoisotopic (exact) mass is 371 g/mol. The average Bonchev–Trinajstić information content (AvgIpc) is 2.66. The van der Waals surface area contributed by atoms with E-state index in [2.05, 4.69) is 10.6 Å². The molecule has 0 aliphatic carbocycles. The molecule has 2 rings (SSSR count). The van der Waals surface area contributed by atoms with E-state index in [0.29, 0.717) is 28.8 Å². The smallest absolute Gasteiger partial charge is 0.267 e. The van der Waals surface area contributed by atoms with Crippen molar-refractivity contribution in [3.05, 3.63) is 64.8 Å². The summed E-state index contributed by atoms with van der Waals surface area (Å²) in [6.07, 6.45) is 1.35. The molecule has 0 aromatic heterocycles. The van der Waals surface area contributed by atoms with Crippen LogP contribution >= 0.6 is 11.6 Å². The Balaban J connectivity index is 2.09. The minimum atomic E-state index is -0.564. The number of nitriles is 1. The van der Waals surface area contributed by atoms with Gasteiger partial charge in [-0.25, -0.2) is 0 Å². The van der Waals surface area contributed by atoms with Gasteiger partial charge in [-0.05, 0) is 23.8 Å². The summed E-state index contributed by atoms with van der Waals surface area (Å²) < 4.78 is 10.3. The van der Waals surface area contributed by atoms with Crippen molar-refractivity contribution in [2.75, 3.05) is 19.5 Å². The fourth-order valence-electron chi connectivity index (χ4n) is 2.15. The van der Waals surface area contributed by atoms with Crippen LogP contribution in [-0.2, 0) is 11.3 Å². The molecule has 0 saturated carbocycles. The van der Waals surface area contributed by atoms with Crippen LogP contribution in [0.2, 0.25) is 5.02 Å². The quantitative estimate of drug-likeness (QED) is 0.575. The molecular formula is C19H18ClN3O3. The van der Waals surface area contributed by atoms with Crippen LogP contribution in [0.3, 0.4) is 0 Å². The van der Waals surface area contributed by atoms with Crippen molar-refractivity contribution in [2.45, 2.75) is 6.54 Å². The highest BCUT2D eigenvalue weighted by Gasteiger charge is 2.13. The summed E-state index contributed by atoms with van der Waals surface area (Å²) in [5, 5.41) is 15.4. The molecule has 1 amide bonds. The van der Waals surface area contributed by atoms with E-state index >= 15 is 0 Å². The van der Waals surface area contributed by atoms with Crippen LogP contribution in [0.4, 0.5) is 5.69 Å². The number of benzene rings is 2. The summed E-state index contributed by atoms with van der Waals surface area (Å²) in [4.78, 5) is 12.4. The number of hydrogen-bond donors (Lipinski definition) is 2. The minimum Gasteiger partial charge on any atom is -0.497 e. The summed E-state index contributed by atoms with van der Waals surface area (Å²) in [6.45, 7) is 0.389. The molecule has 0 radical (unpaired) electrons. The largest absolute Gasteiger partial charge is 0.497 e. The van der Waals surface area contributed by atoms with Crippen molar-refractivity contribution in [2.24, 2.45) is 0 Å². The maximum Gasteiger partial charge on any atom is 0.267 e. The van der Waals surface area contributed by atoms with Crippen LogP contribution in [-0.4, -0.2) is 20.1 Å². The van der Waals surface area contributed by atoms with Crippen molar-refractivity contribution >= 4 is 23.2 Å². The van der Waals surface area contributed by atoms with Crippen LogP contribution in [0.1, 0.15) is 5.56 Å². The highest BCUT2D eigenvalue weighted by molar-refractivity contribution is 6.31. The Morgan fingerprint density at radius 1 is 1.23 bits per heavy atom. The van der Waals surface area contributed by atoms with Crippen molar-refractivity contribution < 1.29 is 14.3 Å². The zero-order valence-corrected chi connectivity index (χ0v) is 15.1. The van der Waals surface area contributed by atoms with Gasteiger partial charge in [0.25, 0.3) is 5.91 Å². The Kier molecular flexibility index (Phi) is 6.89. The Morgan fingerprint density at radius 2 is 2.00 bits per heavy atom. The van der Waals surface area contributed by atoms with E-state index in [1.165, 1.54) is 20.4 Å². The second kappa shape index (κ2) is 9.35. The van der Waals surface area contributed by atoms with E-state index in [1.54, 1.807) is 24.3 Å². The molecule has 2 N–H and O–H groups in total. The van der Waals surface area contributed by atoms with Gasteiger partial charge >= 0.3 is 0 Å². The second-order valence-corrected chi connectivity index (χ2v) is 5.57. The number of ether oxygens (including phenoxy) is 2. The molecule has 2 aromatic carbocycles. The lowest BCUT2D eigenvalue weighted by Gasteiger charge is -2.11. The first kappa shape index (κ1) is 19.2. The minimum absolute atomic E-state index is 0.0815. The molecule has 0 spiro atoms. The van der Waals surface area contributed by atoms with Gasteiger partial charge in [0.1, 0.15) is 23.1 Å². The summed E-state index contributed by atoms with van der Waals surface area (Å²) >= 11 is 6.07. The highest BCUT2D eigenvalue weighted by atomic mass is 35.5. The van der Waals surface area contributed by atoms with Crippen molar-refractivity contribution in [3.8, 4) is 17.6 Å². The van der Waals surface area contributed by atoms with Crippen LogP contribution in [0.5, 0.6) is 11.5 Å². The fourth-order valence-corrected chi connectivity index (χ4v) is 2.36. The summed E-state index contributed by atoms with van der Waals surface area (Å²) in [5.41, 5.74) is 1.18. The van der Waals surface area contributed by atoms with Crippen molar-refractivity contribution in [1.29, 1.82) is 5.26 Å². The zero-order chi connectivity index (χ0) is 18.9. The number of anilines is 1. The molecule has 0 atom stereocenters. The molecule has 6 nitrogen and oxygen atoms in total. The average molecular weight is 372 g/mol. The van der Waals surface area contributed by atoms with Gasteiger partial charge in [-0.1, -0.05) is 29.8 Å². The topological polar surface area (TPSA) is 83.4 Å². The van der Waals surface area contributed by atoms with Crippen LogP contribution in [0, 0.1) is 11.3 Å². The third-order valence-electron chi connectivity index (χ3n) is 3.52. The van der Waals surface area contributed by atoms with E-state index in [1.807, 2.05) is 24.3 Å². The number of halogens is 1. The predicted molar refractivity (Wildman–Crippen MR) is 100 cm³/mol. The molecule has 0 unspecified atom stereocenters. The Hall–Kier alpha value is -3.17. The first-order chi connectivity index (χ1) is 12.6. The zero-order valence-electron chi connectivity index (χ0n) is 14.4. The number of methoxy groups -OCH3 is 2. The van der Waals surface area contributed by atoms with Gasteiger partial charge in [0.2, 0.25) is 0 Å². The van der Waals surface area contributed by atoms with Gasteiger partial charge in [-0.15, -0.1) is 0 Å². The summed E-state index contributed by atoms with van der Waals surface area (Å²) in [5.74, 6) is 0.451. The molecule has 0 bridgehead atoms. The molecule has 26 heavy (non-hydrogen) atoms. The number of nitrogens with zero attached hydrogens (tertiary/aromatic N) is 1. The lowest BCUT2D eigenvalue weighted by Crippen LogP contribution is -2.17. The Bertz CT molecular complexity index is 859. The molecule has 0 aliphatic rings. The third-order valence-corrected chi connectivity index (χ3v) is 3.89. The SMILES string of the molecule is COc1ccc(OC)c(NC(=O)/C(C#N)=C\NCc2ccccc2Cl)c1. The van der Waals surface area contributed by atoms with E-state index in [-0.39, 0.29) is 5.57 Å². The molecule has 7 heteroatoms. The van der Waals surface area contributed by atoms with Crippen LogP contribution in [0.15, 0.2) is 54.2 Å². The van der Waals surface area contributed by atoms with Crippen LogP contribution in [0.25, 0.3) is 0 Å². The summed E-state index contributed by atoms with van der Waals surface area (Å²) in [6, 6.07) is 14.2. The third kappa shape index (κ3) is 4.91. The second-order valence-electron chi connectivity index (χ2n) is 5.16. The van der Waals surface area contributed by atoms with E-state index in [4.69, 9.17) is 21.1 Å². The molecule has 0 saturated heterocycles. The Morgan fingerprint density at radius 3 is 2.65 bits per heavy atom. The molecule has 0 heterocycles. The number of nitrogens with one attached hydrogen (secondary N) is 2. The van der Waals surface area contributed by atoms with Crippen molar-refractivity contribution in [3.63, 3.8) is 0 Å². The highest BCUT2D eigenvalue weighted by Crippen LogP contribution is 2.29. The van der Waals surface area contributed by atoms with Gasteiger partial charge in [0, 0.05) is 23.8 Å². The summed E-state index contributed by atoms with van der Waals surface area (Å²) in [7, 11) is 3.01. The number of amides is 1. The Labute approximate surface area is 157 Å². The normalized spacial score (nSPS) is 10.6. The van der Waals surface area contributed by atoms with E-state index < -0.39 is 5.91 Å². The van der Waals surface area contributed by atoms with Gasteiger partial charge in [-0.3, -0.25) is 4.79 Å². The maximum atomic E-state index is 12.4. The number of carbonyl (C=O) groups is 1. The number of carbonyl (C=O) groups excluding carboxylic acids is 1. The molecule has 2 aromatic rings. The van der Waals surface area contributed by atoms with Gasteiger partial charge in [0.15, 0.2) is 0 Å². The standard InChI is InChI=1S/C19H18ClN3O3/c1-25-15-7-8-18(26-2)17(9-15)23-19(24)14(10-21)12-22-11-13-5-3-4-6-16(13)20/h3-9,12,22H,11H2,1-2H3,(H,23,24)/b14-12-. The first-order valence-corrected chi connectivity index (χ1v) is 8.07. The number of hydrogen-bond acceptors (Lipinski definition) is 5. The predicted octanol–water partition coefficient (Wildman–Crippen LogP) is 3.49. The van der Waals surface area contributed by atoms with Crippen molar-refractivity contribution in [1.82, 2.24) is 5.32 Å². The maximum absolute atomic E-state index is 12.4. The van der Waals surface area contributed by atoms with E-state index in [9.17, 15) is 10.1 Å². The fraction of sp³-hybridized carbons (Fsp3) is 0.158. The molecular weight excluding hydrogens is 354 g/mol. The van der Waals surface area contributed by atoms with E-state index in [0.717, 1.165) is 5.56 Å². The molecule has 0 fully saturated rings. The molecule has 134 valence electrons. The lowest BCUT2D eigenvalue weighted by atomic mass is 10.2. The lowest BCUT2D eigenvalue weighted by molar-refractivity contribution is -0.112. The van der Waals surface area contributed by atoms with Gasteiger partial charge < -0.3 is 20.1 Å². The first-order valence-electron chi connectivity index (χ1n) is 7.69.